The van der Waals surface area contributed by atoms with Gasteiger partial charge in [0.05, 0.1) is 28.1 Å². The summed E-state index contributed by atoms with van der Waals surface area (Å²) >= 11 is 0. The van der Waals surface area contributed by atoms with Gasteiger partial charge in [0.15, 0.2) is 0 Å². The quantitative estimate of drug-likeness (QED) is 0.332. The molecular formula is C20H22N4O7. The third-order valence-electron chi connectivity index (χ3n) is 4.26. The number of hydrazine groups is 1. The Morgan fingerprint density at radius 1 is 0.839 bits per heavy atom. The lowest BCUT2D eigenvalue weighted by molar-refractivity contribution is -0.394. The fourth-order valence-corrected chi connectivity index (χ4v) is 2.62. The molecule has 0 aliphatic heterocycles. The Hall–Kier alpha value is -4.02. The number of hydrogen-bond acceptors (Lipinski definition) is 7. The molecule has 11 nitrogen and oxygen atoms in total. The summed E-state index contributed by atoms with van der Waals surface area (Å²) in [6.45, 7) is 2.71. The Kier molecular flexibility index (Phi) is 8.43. The van der Waals surface area contributed by atoms with Crippen molar-refractivity contribution in [3.63, 3.8) is 0 Å². The van der Waals surface area contributed by atoms with Crippen LogP contribution in [-0.2, 0) is 0 Å². The summed E-state index contributed by atoms with van der Waals surface area (Å²) < 4.78 is 5.59. The Balaban J connectivity index is 1.94. The molecular weight excluding hydrogens is 408 g/mol. The number of unbranched alkanes of at least 4 members (excludes halogenated alkanes) is 3. The maximum Gasteiger partial charge on any atom is 0.277 e. The lowest BCUT2D eigenvalue weighted by Crippen LogP contribution is -2.41. The number of nitrogens with zero attached hydrogens (tertiary/aromatic N) is 2. The number of hydrogen-bond donors (Lipinski definition) is 2. The van der Waals surface area contributed by atoms with Gasteiger partial charge < -0.3 is 4.74 Å². The van der Waals surface area contributed by atoms with E-state index >= 15 is 0 Å². The van der Waals surface area contributed by atoms with Crippen molar-refractivity contribution in [3.8, 4) is 5.75 Å². The topological polar surface area (TPSA) is 154 Å². The average molecular weight is 430 g/mol. The highest BCUT2D eigenvalue weighted by Gasteiger charge is 2.20. The first-order valence-electron chi connectivity index (χ1n) is 9.59. The van der Waals surface area contributed by atoms with E-state index in [1.807, 2.05) is 0 Å². The number of nitro groups is 2. The second-order valence-corrected chi connectivity index (χ2v) is 6.59. The molecule has 0 aromatic heterocycles. The van der Waals surface area contributed by atoms with Gasteiger partial charge in [0.1, 0.15) is 5.75 Å². The van der Waals surface area contributed by atoms with Gasteiger partial charge in [-0.3, -0.25) is 40.7 Å². The largest absolute Gasteiger partial charge is 0.494 e. The van der Waals surface area contributed by atoms with Crippen molar-refractivity contribution in [2.75, 3.05) is 6.61 Å². The SMILES string of the molecule is CCCCCCOc1ccc(C(=O)NNC(=O)c2cc([N+](=O)[O-])cc([N+](=O)[O-])c2)cc1. The van der Waals surface area contributed by atoms with Crippen LogP contribution in [0.1, 0.15) is 53.3 Å². The molecule has 0 radical (unpaired) electrons. The summed E-state index contributed by atoms with van der Waals surface area (Å²) in [5, 5.41) is 21.8. The molecule has 0 atom stereocenters. The van der Waals surface area contributed by atoms with Crippen molar-refractivity contribution in [2.45, 2.75) is 32.6 Å². The van der Waals surface area contributed by atoms with Crippen molar-refractivity contribution < 1.29 is 24.2 Å². The second kappa shape index (κ2) is 11.2. The summed E-state index contributed by atoms with van der Waals surface area (Å²) in [7, 11) is 0. The van der Waals surface area contributed by atoms with Gasteiger partial charge in [-0.15, -0.1) is 0 Å². The van der Waals surface area contributed by atoms with Gasteiger partial charge in [-0.05, 0) is 30.7 Å². The normalized spacial score (nSPS) is 10.2. The number of nitrogens with one attached hydrogen (secondary N) is 2. The Morgan fingerprint density at radius 2 is 1.39 bits per heavy atom. The van der Waals surface area contributed by atoms with E-state index in [-0.39, 0.29) is 11.1 Å². The van der Waals surface area contributed by atoms with E-state index in [4.69, 9.17) is 4.74 Å². The van der Waals surface area contributed by atoms with Crippen LogP contribution in [0.3, 0.4) is 0 Å². The lowest BCUT2D eigenvalue weighted by atomic mass is 10.1. The van der Waals surface area contributed by atoms with Crippen LogP contribution in [0.25, 0.3) is 0 Å². The molecule has 11 heteroatoms. The first-order chi connectivity index (χ1) is 14.8. The predicted octanol–water partition coefficient (Wildman–Crippen LogP) is 3.54. The molecule has 0 heterocycles. The molecule has 2 rings (SSSR count). The van der Waals surface area contributed by atoms with Gasteiger partial charge in [-0.25, -0.2) is 0 Å². The molecule has 0 aliphatic rings. The van der Waals surface area contributed by atoms with Crippen LogP contribution < -0.4 is 15.6 Å². The third kappa shape index (κ3) is 7.07. The Bertz CT molecular complexity index is 928. The minimum Gasteiger partial charge on any atom is -0.494 e. The molecule has 0 spiro atoms. The van der Waals surface area contributed by atoms with Gasteiger partial charge in [0.25, 0.3) is 23.2 Å². The maximum absolute atomic E-state index is 12.2. The zero-order valence-corrected chi connectivity index (χ0v) is 16.8. The fourth-order valence-electron chi connectivity index (χ4n) is 2.62. The summed E-state index contributed by atoms with van der Waals surface area (Å²) in [5.74, 6) is -0.962. The molecule has 0 fully saturated rings. The highest BCUT2D eigenvalue weighted by atomic mass is 16.6. The molecule has 2 amide bonds. The number of amides is 2. The zero-order chi connectivity index (χ0) is 22.8. The first-order valence-corrected chi connectivity index (χ1v) is 9.59. The van der Waals surface area contributed by atoms with E-state index in [1.165, 1.54) is 12.1 Å². The number of carbonyl (C=O) groups excluding carboxylic acids is 2. The molecule has 0 saturated heterocycles. The predicted molar refractivity (Wildman–Crippen MR) is 111 cm³/mol. The fraction of sp³-hybridized carbons (Fsp3) is 0.300. The number of non-ortho nitro benzene ring substituents is 2. The van der Waals surface area contributed by atoms with E-state index in [0.29, 0.717) is 12.4 Å². The van der Waals surface area contributed by atoms with Gasteiger partial charge in [-0.2, -0.15) is 0 Å². The van der Waals surface area contributed by atoms with Crippen LogP contribution in [0.5, 0.6) is 5.75 Å². The van der Waals surface area contributed by atoms with Crippen molar-refractivity contribution in [3.05, 3.63) is 73.8 Å². The molecule has 2 N–H and O–H groups in total. The van der Waals surface area contributed by atoms with Crippen LogP contribution >= 0.6 is 0 Å². The third-order valence-corrected chi connectivity index (χ3v) is 4.26. The monoisotopic (exact) mass is 430 g/mol. The van der Waals surface area contributed by atoms with E-state index in [2.05, 4.69) is 17.8 Å². The van der Waals surface area contributed by atoms with E-state index in [9.17, 15) is 29.8 Å². The molecule has 31 heavy (non-hydrogen) atoms. The van der Waals surface area contributed by atoms with Crippen molar-refractivity contribution in [1.29, 1.82) is 0 Å². The van der Waals surface area contributed by atoms with E-state index in [1.54, 1.807) is 12.1 Å². The number of ether oxygens (including phenoxy) is 1. The van der Waals surface area contributed by atoms with Crippen molar-refractivity contribution in [2.24, 2.45) is 0 Å². The number of benzene rings is 2. The molecule has 164 valence electrons. The Morgan fingerprint density at radius 3 is 1.90 bits per heavy atom. The minimum absolute atomic E-state index is 0.239. The highest BCUT2D eigenvalue weighted by molar-refractivity contribution is 5.99. The second-order valence-electron chi connectivity index (χ2n) is 6.59. The smallest absolute Gasteiger partial charge is 0.277 e. The van der Waals surface area contributed by atoms with Gasteiger partial charge in [0.2, 0.25) is 0 Å². The molecule has 2 aromatic carbocycles. The van der Waals surface area contributed by atoms with Crippen LogP contribution in [0.2, 0.25) is 0 Å². The lowest BCUT2D eigenvalue weighted by Gasteiger charge is -2.09. The molecule has 0 bridgehead atoms. The number of rotatable bonds is 10. The highest BCUT2D eigenvalue weighted by Crippen LogP contribution is 2.22. The van der Waals surface area contributed by atoms with E-state index in [0.717, 1.165) is 43.9 Å². The van der Waals surface area contributed by atoms with Crippen LogP contribution in [0.4, 0.5) is 11.4 Å². The van der Waals surface area contributed by atoms with Gasteiger partial charge in [-0.1, -0.05) is 26.2 Å². The summed E-state index contributed by atoms with van der Waals surface area (Å²) in [4.78, 5) is 44.5. The molecule has 0 unspecified atom stereocenters. The zero-order valence-electron chi connectivity index (χ0n) is 16.8. The average Bonchev–Trinajstić information content (AvgIpc) is 2.77. The summed E-state index contributed by atoms with van der Waals surface area (Å²) in [6, 6.07) is 8.77. The van der Waals surface area contributed by atoms with Crippen molar-refractivity contribution >= 4 is 23.2 Å². The van der Waals surface area contributed by atoms with Gasteiger partial charge >= 0.3 is 0 Å². The standard InChI is InChI=1S/C20H22N4O7/c1-2-3-4-5-10-31-18-8-6-14(7-9-18)19(25)21-22-20(26)15-11-16(23(27)28)13-17(12-15)24(29)30/h6-9,11-13H,2-5,10H2,1H3,(H,21,25)(H,22,26). The first kappa shape index (κ1) is 23.3. The molecule has 2 aromatic rings. The maximum atomic E-state index is 12.2. The number of nitro benzene ring substituents is 2. The summed E-state index contributed by atoms with van der Waals surface area (Å²) in [6.07, 6.45) is 4.32. The molecule has 0 saturated carbocycles. The van der Waals surface area contributed by atoms with Crippen LogP contribution in [0, 0.1) is 20.2 Å². The Labute approximate surface area is 177 Å². The van der Waals surface area contributed by atoms with Crippen LogP contribution in [0.15, 0.2) is 42.5 Å². The minimum atomic E-state index is -0.938. The van der Waals surface area contributed by atoms with Crippen molar-refractivity contribution in [1.82, 2.24) is 10.9 Å². The number of carbonyl (C=O) groups is 2. The van der Waals surface area contributed by atoms with Gasteiger partial charge in [0, 0.05) is 17.7 Å². The van der Waals surface area contributed by atoms with E-state index < -0.39 is 33.0 Å². The molecule has 0 aliphatic carbocycles. The summed E-state index contributed by atoms with van der Waals surface area (Å²) in [5.41, 5.74) is 2.91. The van der Waals surface area contributed by atoms with Crippen LogP contribution in [-0.4, -0.2) is 28.3 Å².